The summed E-state index contributed by atoms with van der Waals surface area (Å²) in [4.78, 5) is 24.0. The van der Waals surface area contributed by atoms with Gasteiger partial charge in [0.1, 0.15) is 18.1 Å². The molecule has 0 bridgehead atoms. The third-order valence-corrected chi connectivity index (χ3v) is 4.41. The summed E-state index contributed by atoms with van der Waals surface area (Å²) in [6.45, 7) is 0.189. The normalized spacial score (nSPS) is 12.3. The molecule has 0 aliphatic carbocycles. The molecular weight excluding hydrogens is 382 g/mol. The van der Waals surface area contributed by atoms with Gasteiger partial charge in [-0.3, -0.25) is 4.79 Å². The van der Waals surface area contributed by atoms with E-state index < -0.39 is 5.97 Å². The fourth-order valence-corrected chi connectivity index (χ4v) is 2.86. The van der Waals surface area contributed by atoms with Crippen molar-refractivity contribution >= 4 is 29.6 Å². The van der Waals surface area contributed by atoms with Gasteiger partial charge in [0.15, 0.2) is 6.61 Å². The molecule has 7 heteroatoms. The van der Waals surface area contributed by atoms with Crippen molar-refractivity contribution in [2.45, 2.75) is 6.42 Å². The van der Waals surface area contributed by atoms with Gasteiger partial charge in [0.2, 0.25) is 0 Å². The van der Waals surface area contributed by atoms with Crippen LogP contribution < -0.4 is 14.8 Å². The maximum absolute atomic E-state index is 12.2. The highest BCUT2D eigenvalue weighted by molar-refractivity contribution is 6.30. The van der Waals surface area contributed by atoms with Crippen LogP contribution in [0, 0.1) is 0 Å². The predicted molar refractivity (Wildman–Crippen MR) is 106 cm³/mol. The highest BCUT2D eigenvalue weighted by Crippen LogP contribution is 2.29. The standard InChI is InChI=1S/C21H20ClNO5/c1-26-18-5-2-14(3-6-18)8-9-23-20(24)13-28-21(25)16-10-15-11-17(22)4-7-19(15)27-12-16/h2-7,10-11H,8-9,12-13H2,1H3,(H,23,24). The van der Waals surface area contributed by atoms with Crippen molar-refractivity contribution in [1.82, 2.24) is 5.32 Å². The van der Waals surface area contributed by atoms with Crippen LogP contribution in [0.4, 0.5) is 0 Å². The Morgan fingerprint density at radius 1 is 1.18 bits per heavy atom. The summed E-state index contributed by atoms with van der Waals surface area (Å²) >= 11 is 5.95. The summed E-state index contributed by atoms with van der Waals surface area (Å²) in [5.74, 6) is 0.487. The summed E-state index contributed by atoms with van der Waals surface area (Å²) in [6, 6.07) is 12.8. The van der Waals surface area contributed by atoms with Crippen LogP contribution in [0.3, 0.4) is 0 Å². The third-order valence-electron chi connectivity index (χ3n) is 4.18. The maximum Gasteiger partial charge on any atom is 0.338 e. The van der Waals surface area contributed by atoms with Crippen LogP contribution in [-0.4, -0.2) is 38.7 Å². The zero-order valence-electron chi connectivity index (χ0n) is 15.4. The Hall–Kier alpha value is -2.99. The summed E-state index contributed by atoms with van der Waals surface area (Å²) in [6.07, 6.45) is 2.33. The van der Waals surface area contributed by atoms with Gasteiger partial charge in [-0.05, 0) is 48.4 Å². The molecule has 1 N–H and O–H groups in total. The van der Waals surface area contributed by atoms with E-state index in [0.29, 0.717) is 34.9 Å². The number of nitrogens with one attached hydrogen (secondary N) is 1. The van der Waals surface area contributed by atoms with Crippen LogP contribution in [0.5, 0.6) is 11.5 Å². The minimum atomic E-state index is -0.587. The number of fused-ring (bicyclic) bond motifs is 1. The van der Waals surface area contributed by atoms with Crippen LogP contribution in [-0.2, 0) is 20.7 Å². The van der Waals surface area contributed by atoms with Gasteiger partial charge in [-0.2, -0.15) is 0 Å². The lowest BCUT2D eigenvalue weighted by atomic mass is 10.1. The van der Waals surface area contributed by atoms with Gasteiger partial charge in [0.05, 0.1) is 12.7 Å². The van der Waals surface area contributed by atoms with Crippen molar-refractivity contribution < 1.29 is 23.8 Å². The van der Waals surface area contributed by atoms with Gasteiger partial charge >= 0.3 is 5.97 Å². The van der Waals surface area contributed by atoms with E-state index in [1.165, 1.54) is 0 Å². The molecule has 28 heavy (non-hydrogen) atoms. The highest BCUT2D eigenvalue weighted by atomic mass is 35.5. The molecule has 1 amide bonds. The molecule has 0 fully saturated rings. The molecule has 0 saturated heterocycles. The van der Waals surface area contributed by atoms with Crippen LogP contribution in [0.2, 0.25) is 5.02 Å². The number of amides is 1. The summed E-state index contributed by atoms with van der Waals surface area (Å²) in [5.41, 5.74) is 2.11. The number of hydrogen-bond donors (Lipinski definition) is 1. The number of ether oxygens (including phenoxy) is 3. The van der Waals surface area contributed by atoms with Gasteiger partial charge in [0, 0.05) is 17.1 Å². The average Bonchev–Trinajstić information content (AvgIpc) is 2.72. The van der Waals surface area contributed by atoms with Gasteiger partial charge in [0.25, 0.3) is 5.91 Å². The Balaban J connectivity index is 1.43. The van der Waals surface area contributed by atoms with Crippen LogP contribution >= 0.6 is 11.6 Å². The van der Waals surface area contributed by atoms with Crippen LogP contribution in [0.1, 0.15) is 11.1 Å². The lowest BCUT2D eigenvalue weighted by Gasteiger charge is -2.17. The second-order valence-corrected chi connectivity index (χ2v) is 6.60. The number of benzene rings is 2. The summed E-state index contributed by atoms with van der Waals surface area (Å²) in [5, 5.41) is 3.27. The number of halogens is 1. The van der Waals surface area contributed by atoms with Crippen molar-refractivity contribution in [3.8, 4) is 11.5 Å². The van der Waals surface area contributed by atoms with E-state index in [2.05, 4.69) is 5.32 Å². The molecule has 0 atom stereocenters. The summed E-state index contributed by atoms with van der Waals surface area (Å²) in [7, 11) is 1.61. The molecule has 0 unspecified atom stereocenters. The molecule has 1 aliphatic rings. The Kier molecular flexibility index (Phi) is 6.55. The molecule has 0 radical (unpaired) electrons. The monoisotopic (exact) mass is 401 g/mol. The second-order valence-electron chi connectivity index (χ2n) is 6.16. The molecule has 146 valence electrons. The van der Waals surface area contributed by atoms with Gasteiger partial charge < -0.3 is 19.5 Å². The minimum absolute atomic E-state index is 0.0898. The van der Waals surface area contributed by atoms with Gasteiger partial charge in [-0.15, -0.1) is 0 Å². The topological polar surface area (TPSA) is 73.9 Å². The SMILES string of the molecule is COc1ccc(CCNC(=O)COC(=O)C2=Cc3cc(Cl)ccc3OC2)cc1. The number of hydrogen-bond acceptors (Lipinski definition) is 5. The molecule has 1 heterocycles. The van der Waals surface area contributed by atoms with E-state index in [-0.39, 0.29) is 19.1 Å². The third kappa shape index (κ3) is 5.27. The predicted octanol–water partition coefficient (Wildman–Crippen LogP) is 3.03. The van der Waals surface area contributed by atoms with E-state index in [1.807, 2.05) is 24.3 Å². The van der Waals surface area contributed by atoms with Crippen molar-refractivity contribution in [3.63, 3.8) is 0 Å². The zero-order chi connectivity index (χ0) is 19.9. The van der Waals surface area contributed by atoms with Gasteiger partial charge in [-0.1, -0.05) is 23.7 Å². The number of carbonyl (C=O) groups is 2. The lowest BCUT2D eigenvalue weighted by Crippen LogP contribution is -2.31. The number of esters is 1. The van der Waals surface area contributed by atoms with Crippen molar-refractivity contribution in [3.05, 3.63) is 64.2 Å². The van der Waals surface area contributed by atoms with E-state index in [0.717, 1.165) is 11.3 Å². The Morgan fingerprint density at radius 3 is 2.71 bits per heavy atom. The Bertz CT molecular complexity index is 892. The smallest absolute Gasteiger partial charge is 0.338 e. The first kappa shape index (κ1) is 19.8. The molecule has 6 nitrogen and oxygen atoms in total. The van der Waals surface area contributed by atoms with Crippen molar-refractivity contribution in [1.29, 1.82) is 0 Å². The Labute approximate surface area is 168 Å². The molecule has 1 aliphatic heterocycles. The quantitative estimate of drug-likeness (QED) is 0.722. The van der Waals surface area contributed by atoms with Crippen molar-refractivity contribution in [2.75, 3.05) is 26.9 Å². The summed E-state index contributed by atoms with van der Waals surface area (Å²) < 4.78 is 15.7. The van der Waals surface area contributed by atoms with E-state index in [4.69, 9.17) is 25.8 Å². The fourth-order valence-electron chi connectivity index (χ4n) is 2.68. The van der Waals surface area contributed by atoms with Crippen LogP contribution in [0.15, 0.2) is 48.0 Å². The van der Waals surface area contributed by atoms with Crippen molar-refractivity contribution in [2.24, 2.45) is 0 Å². The first-order valence-electron chi connectivity index (χ1n) is 8.75. The molecule has 0 aromatic heterocycles. The molecule has 2 aromatic carbocycles. The number of rotatable bonds is 7. The molecule has 3 rings (SSSR count). The highest BCUT2D eigenvalue weighted by Gasteiger charge is 2.19. The van der Waals surface area contributed by atoms with E-state index >= 15 is 0 Å². The fraction of sp³-hybridized carbons (Fsp3) is 0.238. The van der Waals surface area contributed by atoms with Gasteiger partial charge in [-0.25, -0.2) is 4.79 Å². The largest absolute Gasteiger partial charge is 0.497 e. The molecule has 2 aromatic rings. The second kappa shape index (κ2) is 9.28. The number of carbonyl (C=O) groups excluding carboxylic acids is 2. The first-order chi connectivity index (χ1) is 13.5. The molecule has 0 saturated carbocycles. The Morgan fingerprint density at radius 2 is 1.96 bits per heavy atom. The molecular formula is C21H20ClNO5. The maximum atomic E-state index is 12.2. The van der Waals surface area contributed by atoms with E-state index in [9.17, 15) is 9.59 Å². The van der Waals surface area contributed by atoms with E-state index in [1.54, 1.807) is 31.4 Å². The number of methoxy groups -OCH3 is 1. The molecule has 0 spiro atoms. The average molecular weight is 402 g/mol. The first-order valence-corrected chi connectivity index (χ1v) is 9.12. The van der Waals surface area contributed by atoms with Crippen LogP contribution in [0.25, 0.3) is 6.08 Å². The zero-order valence-corrected chi connectivity index (χ0v) is 16.1. The lowest BCUT2D eigenvalue weighted by molar-refractivity contribution is -0.145. The minimum Gasteiger partial charge on any atom is -0.497 e.